The molecule has 2 aromatic heterocycles. The highest BCUT2D eigenvalue weighted by Crippen LogP contribution is 2.32. The van der Waals surface area contributed by atoms with Gasteiger partial charge in [-0.15, -0.1) is 0 Å². The van der Waals surface area contributed by atoms with Crippen LogP contribution < -0.4 is 10.6 Å². The number of nitrogens with zero attached hydrogens (tertiary/aromatic N) is 3. The largest absolute Gasteiger partial charge is 0.350 e. The number of anilines is 2. The van der Waals surface area contributed by atoms with E-state index in [1.807, 2.05) is 14.0 Å². The van der Waals surface area contributed by atoms with E-state index in [2.05, 4.69) is 27.5 Å². The summed E-state index contributed by atoms with van der Waals surface area (Å²) in [5.74, 6) is 0.388. The van der Waals surface area contributed by atoms with E-state index in [1.54, 1.807) is 35.0 Å². The van der Waals surface area contributed by atoms with Crippen molar-refractivity contribution < 1.29 is 4.79 Å². The lowest BCUT2D eigenvalue weighted by Crippen LogP contribution is -2.32. The lowest BCUT2D eigenvalue weighted by Gasteiger charge is -2.13. The van der Waals surface area contributed by atoms with Crippen LogP contribution in [0.4, 0.5) is 11.6 Å². The third-order valence-electron chi connectivity index (χ3n) is 4.54. The maximum absolute atomic E-state index is 12.5. The number of aromatic nitrogens is 3. The summed E-state index contributed by atoms with van der Waals surface area (Å²) in [4.78, 5) is 21.5. The lowest BCUT2D eigenvalue weighted by atomic mass is 10.1. The van der Waals surface area contributed by atoms with E-state index >= 15 is 0 Å². The summed E-state index contributed by atoms with van der Waals surface area (Å²) in [6.07, 6.45) is 4.71. The summed E-state index contributed by atoms with van der Waals surface area (Å²) in [7, 11) is 1.84. The predicted molar refractivity (Wildman–Crippen MR) is 115 cm³/mol. The van der Waals surface area contributed by atoms with E-state index in [4.69, 9.17) is 23.2 Å². The average Bonchev–Trinajstić information content (AvgIpc) is 2.98. The third kappa shape index (κ3) is 4.39. The van der Waals surface area contributed by atoms with Gasteiger partial charge in [-0.3, -0.25) is 9.36 Å². The fraction of sp³-hybridized carbons (Fsp3) is 0.350. The number of imidazole rings is 1. The van der Waals surface area contributed by atoms with Gasteiger partial charge in [0.05, 0.1) is 21.3 Å². The maximum atomic E-state index is 12.5. The molecule has 0 saturated heterocycles. The second kappa shape index (κ2) is 8.80. The Hall–Kier alpha value is -2.31. The van der Waals surface area contributed by atoms with Crippen molar-refractivity contribution in [2.75, 3.05) is 5.32 Å². The van der Waals surface area contributed by atoms with Gasteiger partial charge in [-0.25, -0.2) is 9.97 Å². The van der Waals surface area contributed by atoms with Gasteiger partial charge in [-0.1, -0.05) is 49.0 Å². The summed E-state index contributed by atoms with van der Waals surface area (Å²) >= 11 is 12.5. The first-order valence-corrected chi connectivity index (χ1v) is 10.0. The minimum atomic E-state index is -0.146. The number of para-hydroxylation sites is 1. The Kier molecular flexibility index (Phi) is 6.42. The molecule has 1 atom stereocenters. The molecule has 0 bridgehead atoms. The minimum absolute atomic E-state index is 0.117. The Morgan fingerprint density at radius 3 is 2.68 bits per heavy atom. The first-order chi connectivity index (χ1) is 13.4. The standard InChI is InChI=1S/C20H23Cl2N5O/c1-4-5-7-12(2)24-19(28)13-10-16-18(23-11-13)27(3)20(25-16)26-17-14(21)8-6-9-15(17)22/h6,8-12H,4-5,7H2,1-3H3,(H,24,28)(H,25,26)/t12-/m0/s1. The molecule has 0 radical (unpaired) electrons. The molecule has 1 aromatic carbocycles. The van der Waals surface area contributed by atoms with Crippen LogP contribution >= 0.6 is 23.2 Å². The Morgan fingerprint density at radius 1 is 1.29 bits per heavy atom. The number of halogens is 2. The molecule has 0 fully saturated rings. The zero-order chi connectivity index (χ0) is 20.3. The van der Waals surface area contributed by atoms with Gasteiger partial charge < -0.3 is 10.6 Å². The van der Waals surface area contributed by atoms with Crippen LogP contribution in [-0.2, 0) is 7.05 Å². The van der Waals surface area contributed by atoms with Crippen molar-refractivity contribution in [1.29, 1.82) is 0 Å². The summed E-state index contributed by atoms with van der Waals surface area (Å²) < 4.78 is 1.79. The molecule has 0 aliphatic heterocycles. The number of benzene rings is 1. The second-order valence-corrected chi connectivity index (χ2v) is 7.61. The van der Waals surface area contributed by atoms with Gasteiger partial charge in [0, 0.05) is 19.3 Å². The van der Waals surface area contributed by atoms with Crippen molar-refractivity contribution in [3.05, 3.63) is 46.1 Å². The smallest absolute Gasteiger partial charge is 0.253 e. The summed E-state index contributed by atoms with van der Waals surface area (Å²) in [6, 6.07) is 7.13. The maximum Gasteiger partial charge on any atom is 0.253 e. The van der Waals surface area contributed by atoms with Crippen LogP contribution in [0.2, 0.25) is 10.0 Å². The molecule has 8 heteroatoms. The van der Waals surface area contributed by atoms with Crippen LogP contribution in [0, 0.1) is 0 Å². The van der Waals surface area contributed by atoms with E-state index in [0.717, 1.165) is 19.3 Å². The molecule has 0 unspecified atom stereocenters. The highest BCUT2D eigenvalue weighted by molar-refractivity contribution is 6.39. The second-order valence-electron chi connectivity index (χ2n) is 6.80. The molecule has 3 aromatic rings. The number of hydrogen-bond acceptors (Lipinski definition) is 4. The van der Waals surface area contributed by atoms with Crippen molar-refractivity contribution in [1.82, 2.24) is 19.9 Å². The number of unbranched alkanes of at least 4 members (excludes halogenated alkanes) is 1. The number of carbonyl (C=O) groups is 1. The topological polar surface area (TPSA) is 71.8 Å². The van der Waals surface area contributed by atoms with Crippen LogP contribution in [0.5, 0.6) is 0 Å². The fourth-order valence-electron chi connectivity index (χ4n) is 2.93. The lowest BCUT2D eigenvalue weighted by molar-refractivity contribution is 0.0937. The minimum Gasteiger partial charge on any atom is -0.350 e. The van der Waals surface area contributed by atoms with Crippen molar-refractivity contribution in [3.63, 3.8) is 0 Å². The normalized spacial score (nSPS) is 12.2. The van der Waals surface area contributed by atoms with Crippen LogP contribution in [0.1, 0.15) is 43.5 Å². The molecular weight excluding hydrogens is 397 g/mol. The quantitative estimate of drug-likeness (QED) is 0.542. The monoisotopic (exact) mass is 419 g/mol. The van der Waals surface area contributed by atoms with E-state index in [0.29, 0.717) is 38.4 Å². The van der Waals surface area contributed by atoms with Crippen LogP contribution in [-0.4, -0.2) is 26.5 Å². The van der Waals surface area contributed by atoms with Gasteiger partial charge in [0.15, 0.2) is 5.65 Å². The first-order valence-electron chi connectivity index (χ1n) is 9.25. The van der Waals surface area contributed by atoms with Crippen molar-refractivity contribution in [3.8, 4) is 0 Å². The number of nitrogens with one attached hydrogen (secondary N) is 2. The van der Waals surface area contributed by atoms with E-state index in [-0.39, 0.29) is 11.9 Å². The molecule has 3 rings (SSSR count). The fourth-order valence-corrected chi connectivity index (χ4v) is 3.42. The third-order valence-corrected chi connectivity index (χ3v) is 5.17. The molecule has 2 heterocycles. The van der Waals surface area contributed by atoms with E-state index in [1.165, 1.54) is 0 Å². The molecule has 28 heavy (non-hydrogen) atoms. The van der Waals surface area contributed by atoms with Crippen molar-refractivity contribution in [2.45, 2.75) is 39.2 Å². The summed E-state index contributed by atoms with van der Waals surface area (Å²) in [6.45, 7) is 4.14. The molecular formula is C20H23Cl2N5O. The van der Waals surface area contributed by atoms with Gasteiger partial charge >= 0.3 is 0 Å². The zero-order valence-corrected chi connectivity index (χ0v) is 17.6. The number of fused-ring (bicyclic) bond motifs is 1. The number of aryl methyl sites for hydroxylation is 1. The average molecular weight is 420 g/mol. The van der Waals surface area contributed by atoms with Gasteiger partial charge in [0.1, 0.15) is 5.52 Å². The highest BCUT2D eigenvalue weighted by atomic mass is 35.5. The molecule has 2 N–H and O–H groups in total. The predicted octanol–water partition coefficient (Wildman–Crippen LogP) is 5.33. The molecule has 0 aliphatic carbocycles. The SMILES string of the molecule is CCCC[C@H](C)NC(=O)c1cnc2c(c1)nc(Nc1c(Cl)cccc1Cl)n2C. The van der Waals surface area contributed by atoms with Crippen LogP contribution in [0.3, 0.4) is 0 Å². The number of amides is 1. The van der Waals surface area contributed by atoms with E-state index in [9.17, 15) is 4.79 Å². The van der Waals surface area contributed by atoms with Crippen LogP contribution in [0.25, 0.3) is 11.2 Å². The number of rotatable bonds is 7. The number of hydrogen-bond donors (Lipinski definition) is 2. The molecule has 0 aliphatic rings. The van der Waals surface area contributed by atoms with Crippen molar-refractivity contribution in [2.24, 2.45) is 7.05 Å². The molecule has 1 amide bonds. The van der Waals surface area contributed by atoms with Gasteiger partial charge in [-0.05, 0) is 31.5 Å². The van der Waals surface area contributed by atoms with Crippen molar-refractivity contribution >= 4 is 51.9 Å². The first kappa shape index (κ1) is 20.4. The number of pyridine rings is 1. The molecule has 148 valence electrons. The summed E-state index contributed by atoms with van der Waals surface area (Å²) in [5.41, 5.74) is 2.33. The zero-order valence-electron chi connectivity index (χ0n) is 16.1. The number of carbonyl (C=O) groups excluding carboxylic acids is 1. The Bertz CT molecular complexity index is 981. The van der Waals surface area contributed by atoms with Crippen LogP contribution in [0.15, 0.2) is 30.5 Å². The highest BCUT2D eigenvalue weighted by Gasteiger charge is 2.16. The van der Waals surface area contributed by atoms with Gasteiger partial charge in [0.2, 0.25) is 5.95 Å². The van der Waals surface area contributed by atoms with Gasteiger partial charge in [-0.2, -0.15) is 0 Å². The summed E-state index contributed by atoms with van der Waals surface area (Å²) in [5, 5.41) is 7.15. The Labute approximate surface area is 174 Å². The molecule has 0 saturated carbocycles. The molecule has 0 spiro atoms. The Morgan fingerprint density at radius 2 is 2.00 bits per heavy atom. The van der Waals surface area contributed by atoms with Gasteiger partial charge in [0.25, 0.3) is 5.91 Å². The molecule has 6 nitrogen and oxygen atoms in total. The van der Waals surface area contributed by atoms with E-state index < -0.39 is 0 Å². The Balaban J connectivity index is 1.84.